The minimum Gasteiger partial charge on any atom is -0.394 e. The Morgan fingerprint density at radius 1 is 0.949 bits per heavy atom. The third-order valence-corrected chi connectivity index (χ3v) is 8.35. The fourth-order valence-corrected chi connectivity index (χ4v) is 6.20. The van der Waals surface area contributed by atoms with Crippen LogP contribution in [0.3, 0.4) is 0 Å². The molecule has 0 radical (unpaired) electrons. The average molecular weight is 597 g/mol. The van der Waals surface area contributed by atoms with E-state index in [-0.39, 0.29) is 29.0 Å². The van der Waals surface area contributed by atoms with Crippen LogP contribution in [0.4, 0.5) is 10.1 Å². The van der Waals surface area contributed by atoms with E-state index in [0.717, 1.165) is 23.3 Å². The summed E-state index contributed by atoms with van der Waals surface area (Å²) in [5.41, 5.74) is 1.77. The second-order valence-electron chi connectivity index (χ2n) is 9.47. The second kappa shape index (κ2) is 12.6. The molecule has 0 spiro atoms. The number of nitrogens with one attached hydrogen (secondary N) is 2. The first-order valence-electron chi connectivity index (χ1n) is 12.2. The molecule has 1 saturated heterocycles. The first-order chi connectivity index (χ1) is 18.6. The highest BCUT2D eigenvalue weighted by Gasteiger charge is 2.36. The van der Waals surface area contributed by atoms with Crippen molar-refractivity contribution in [2.24, 2.45) is 5.92 Å². The molecule has 0 bridgehead atoms. The number of likely N-dealkylation sites (tertiary alicyclic amines) is 1. The van der Waals surface area contributed by atoms with Crippen molar-refractivity contribution in [3.05, 3.63) is 99.3 Å². The minimum atomic E-state index is -3.87. The number of hydrogen-bond donors (Lipinski definition) is 4. The summed E-state index contributed by atoms with van der Waals surface area (Å²) in [6, 6.07) is 17.1. The number of anilines is 1. The lowest BCUT2D eigenvalue weighted by Crippen LogP contribution is -2.51. The zero-order valence-electron chi connectivity index (χ0n) is 20.7. The zero-order valence-corrected chi connectivity index (χ0v) is 23.1. The third kappa shape index (κ3) is 7.69. The number of halogens is 3. The number of carbonyl (C=O) groups excluding carboxylic acids is 1. The molecule has 4 rings (SSSR count). The summed E-state index contributed by atoms with van der Waals surface area (Å²) >= 11 is 12.1. The Kier molecular flexibility index (Phi) is 9.47. The Morgan fingerprint density at radius 2 is 1.49 bits per heavy atom. The second-order valence-corrected chi connectivity index (χ2v) is 12.1. The molecule has 8 nitrogen and oxygen atoms in total. The molecular weight excluding hydrogens is 568 g/mol. The van der Waals surface area contributed by atoms with Crippen LogP contribution >= 0.6 is 23.2 Å². The van der Waals surface area contributed by atoms with Gasteiger partial charge in [-0.2, -0.15) is 0 Å². The number of benzene rings is 3. The fraction of sp³-hybridized carbons (Fsp3) is 0.296. The van der Waals surface area contributed by atoms with Gasteiger partial charge in [0.1, 0.15) is 5.82 Å². The van der Waals surface area contributed by atoms with E-state index < -0.39 is 41.0 Å². The Bertz CT molecular complexity index is 1350. The van der Waals surface area contributed by atoms with Crippen molar-refractivity contribution in [2.75, 3.05) is 36.8 Å². The standard InChI is InChI=1S/C27H28Cl2FN3O5S/c28-21-5-1-18(2-6-21)26(19-3-7-22(29)8-4-19)33-12-17(13-33)16-39(37,38)32-24-10-20(9-23(30)11-24)27(36)31-25(14-34)15-35/h1-11,17,25-26,32,34-35H,12-16H2,(H,31,36). The molecule has 1 heterocycles. The van der Waals surface area contributed by atoms with Gasteiger partial charge in [0.25, 0.3) is 5.91 Å². The van der Waals surface area contributed by atoms with E-state index in [1.54, 1.807) is 0 Å². The summed E-state index contributed by atoms with van der Waals surface area (Å²) in [6.07, 6.45) is 0. The number of aliphatic hydroxyl groups is 2. The van der Waals surface area contributed by atoms with Crippen LogP contribution < -0.4 is 10.0 Å². The van der Waals surface area contributed by atoms with Crippen molar-refractivity contribution in [1.82, 2.24) is 10.2 Å². The Labute approximate surface area is 236 Å². The average Bonchev–Trinajstić information content (AvgIpc) is 2.87. The van der Waals surface area contributed by atoms with E-state index in [9.17, 15) is 17.6 Å². The Balaban J connectivity index is 1.43. The number of aliphatic hydroxyl groups excluding tert-OH is 2. The van der Waals surface area contributed by atoms with Gasteiger partial charge in [0.05, 0.1) is 36.7 Å². The molecule has 0 aromatic heterocycles. The molecule has 1 aliphatic heterocycles. The van der Waals surface area contributed by atoms with E-state index in [1.165, 1.54) is 6.07 Å². The Morgan fingerprint density at radius 3 is 2.00 bits per heavy atom. The molecule has 12 heteroatoms. The number of amides is 1. The van der Waals surface area contributed by atoms with Gasteiger partial charge >= 0.3 is 0 Å². The van der Waals surface area contributed by atoms with Crippen molar-refractivity contribution in [1.29, 1.82) is 0 Å². The summed E-state index contributed by atoms with van der Waals surface area (Å²) in [5, 5.41) is 21.9. The predicted molar refractivity (Wildman–Crippen MR) is 149 cm³/mol. The molecular formula is C27H28Cl2FN3O5S. The summed E-state index contributed by atoms with van der Waals surface area (Å²) in [4.78, 5) is 14.5. The van der Waals surface area contributed by atoms with Gasteiger partial charge < -0.3 is 15.5 Å². The van der Waals surface area contributed by atoms with Crippen molar-refractivity contribution < 1.29 is 27.8 Å². The largest absolute Gasteiger partial charge is 0.394 e. The van der Waals surface area contributed by atoms with Gasteiger partial charge in [-0.15, -0.1) is 0 Å². The molecule has 0 unspecified atom stereocenters. The quantitative estimate of drug-likeness (QED) is 0.268. The first kappa shape index (κ1) is 29.3. The van der Waals surface area contributed by atoms with E-state index in [4.69, 9.17) is 33.4 Å². The monoisotopic (exact) mass is 595 g/mol. The summed E-state index contributed by atoms with van der Waals surface area (Å²) in [6.45, 7) is 0.00732. The van der Waals surface area contributed by atoms with Crippen molar-refractivity contribution in [3.63, 3.8) is 0 Å². The molecule has 39 heavy (non-hydrogen) atoms. The van der Waals surface area contributed by atoms with Gasteiger partial charge in [0.2, 0.25) is 10.0 Å². The van der Waals surface area contributed by atoms with E-state index in [0.29, 0.717) is 23.1 Å². The van der Waals surface area contributed by atoms with E-state index in [2.05, 4.69) is 14.9 Å². The molecule has 0 atom stereocenters. The number of carbonyl (C=O) groups is 1. The molecule has 1 fully saturated rings. The molecule has 3 aromatic rings. The lowest BCUT2D eigenvalue weighted by molar-refractivity contribution is 0.0813. The van der Waals surface area contributed by atoms with Gasteiger partial charge in [0.15, 0.2) is 0 Å². The fourth-order valence-electron chi connectivity index (χ4n) is 4.56. The van der Waals surface area contributed by atoms with Crippen LogP contribution in [0.25, 0.3) is 0 Å². The van der Waals surface area contributed by atoms with Crippen LogP contribution in [0, 0.1) is 11.7 Å². The highest BCUT2D eigenvalue weighted by molar-refractivity contribution is 7.92. The van der Waals surface area contributed by atoms with Crippen molar-refractivity contribution in [2.45, 2.75) is 12.1 Å². The van der Waals surface area contributed by atoms with Crippen LogP contribution in [-0.2, 0) is 10.0 Å². The molecule has 0 saturated carbocycles. The molecule has 1 amide bonds. The number of nitrogens with zero attached hydrogens (tertiary/aromatic N) is 1. The molecule has 0 aliphatic carbocycles. The van der Waals surface area contributed by atoms with Gasteiger partial charge in [-0.3, -0.25) is 14.4 Å². The van der Waals surface area contributed by atoms with Gasteiger partial charge in [-0.25, -0.2) is 12.8 Å². The smallest absolute Gasteiger partial charge is 0.251 e. The SMILES string of the molecule is O=C(NC(CO)CO)c1cc(F)cc(NS(=O)(=O)CC2CN(C(c3ccc(Cl)cc3)c3ccc(Cl)cc3)C2)c1. The molecule has 208 valence electrons. The maximum atomic E-state index is 14.2. The molecule has 4 N–H and O–H groups in total. The normalized spacial score (nSPS) is 14.4. The first-order valence-corrected chi connectivity index (χ1v) is 14.6. The van der Waals surface area contributed by atoms with Gasteiger partial charge in [-0.05, 0) is 53.6 Å². The number of hydrogen-bond acceptors (Lipinski definition) is 6. The van der Waals surface area contributed by atoms with Crippen molar-refractivity contribution >= 4 is 44.8 Å². The van der Waals surface area contributed by atoms with Crippen LogP contribution in [0.2, 0.25) is 10.0 Å². The summed E-state index contributed by atoms with van der Waals surface area (Å²) < 4.78 is 42.4. The molecule has 3 aromatic carbocycles. The minimum absolute atomic E-state index is 0.0962. The van der Waals surface area contributed by atoms with Gasteiger partial charge in [0, 0.05) is 34.6 Å². The number of rotatable bonds is 11. The van der Waals surface area contributed by atoms with Crippen LogP contribution in [0.15, 0.2) is 66.7 Å². The molecule has 1 aliphatic rings. The third-order valence-electron chi connectivity index (χ3n) is 6.39. The van der Waals surface area contributed by atoms with Crippen LogP contribution in [0.1, 0.15) is 27.5 Å². The van der Waals surface area contributed by atoms with E-state index >= 15 is 0 Å². The van der Waals surface area contributed by atoms with Gasteiger partial charge in [-0.1, -0.05) is 47.5 Å². The lowest BCUT2D eigenvalue weighted by atomic mass is 9.91. The maximum Gasteiger partial charge on any atom is 0.251 e. The highest BCUT2D eigenvalue weighted by Crippen LogP contribution is 2.36. The lowest BCUT2D eigenvalue weighted by Gasteiger charge is -2.44. The van der Waals surface area contributed by atoms with E-state index in [1.807, 2.05) is 48.5 Å². The maximum absolute atomic E-state index is 14.2. The summed E-state index contributed by atoms with van der Waals surface area (Å²) in [7, 11) is -3.87. The topological polar surface area (TPSA) is 119 Å². The van der Waals surface area contributed by atoms with Crippen LogP contribution in [-0.4, -0.2) is 67.5 Å². The predicted octanol–water partition coefficient (Wildman–Crippen LogP) is 3.68. The van der Waals surface area contributed by atoms with Crippen molar-refractivity contribution in [3.8, 4) is 0 Å². The summed E-state index contributed by atoms with van der Waals surface area (Å²) in [5.74, 6) is -1.93. The van der Waals surface area contributed by atoms with Crippen LogP contribution in [0.5, 0.6) is 0 Å². The zero-order chi connectivity index (χ0) is 28.2. The Hall–Kier alpha value is -2.73. The number of sulfonamides is 1. The highest BCUT2D eigenvalue weighted by atomic mass is 35.5.